The van der Waals surface area contributed by atoms with Crippen molar-refractivity contribution >= 4 is 17.6 Å². The average Bonchev–Trinajstić information content (AvgIpc) is 3.52. The van der Waals surface area contributed by atoms with Crippen LogP contribution in [0.25, 0.3) is 0 Å². The fraction of sp³-hybridized carbons (Fsp3) is 0.542. The number of hydrogen-bond acceptors (Lipinski definition) is 6. The van der Waals surface area contributed by atoms with E-state index in [1.54, 1.807) is 12.1 Å². The zero-order chi connectivity index (χ0) is 22.9. The molecule has 0 unspecified atom stereocenters. The first kappa shape index (κ1) is 22.5. The maximum Gasteiger partial charge on any atom is 0.410 e. The minimum absolute atomic E-state index is 0.00131. The fourth-order valence-electron chi connectivity index (χ4n) is 4.27. The Morgan fingerprint density at radius 3 is 2.72 bits per heavy atom. The van der Waals surface area contributed by atoms with Crippen LogP contribution < -0.4 is 5.32 Å². The Balaban J connectivity index is 1.46. The maximum absolute atomic E-state index is 14.5. The molecule has 8 heteroatoms. The van der Waals surface area contributed by atoms with E-state index < -0.39 is 0 Å². The molecule has 7 nitrogen and oxygen atoms in total. The van der Waals surface area contributed by atoms with Gasteiger partial charge >= 0.3 is 6.09 Å². The first-order chi connectivity index (χ1) is 15.3. The van der Waals surface area contributed by atoms with E-state index in [1.807, 2.05) is 38.7 Å². The molecule has 0 atom stereocenters. The zero-order valence-corrected chi connectivity index (χ0v) is 19.3. The number of aromatic nitrogens is 2. The molecule has 1 aromatic carbocycles. The Bertz CT molecular complexity index is 992. The van der Waals surface area contributed by atoms with Crippen LogP contribution in [0, 0.1) is 12.7 Å². The number of carbonyl (C=O) groups excluding carboxylic acids is 1. The summed E-state index contributed by atoms with van der Waals surface area (Å²) in [5, 5.41) is 3.13. The number of nitrogens with zero attached hydrogens (tertiary/aromatic N) is 4. The number of benzene rings is 1. The molecule has 0 radical (unpaired) electrons. The van der Waals surface area contributed by atoms with Crippen LogP contribution in [0.4, 0.5) is 20.7 Å². The molecule has 1 aliphatic carbocycles. The van der Waals surface area contributed by atoms with Gasteiger partial charge in [-0.25, -0.2) is 19.2 Å². The lowest BCUT2D eigenvalue weighted by molar-refractivity contribution is 0.0258. The van der Waals surface area contributed by atoms with Gasteiger partial charge in [0.25, 0.3) is 0 Å². The molecule has 0 bridgehead atoms. The SMILES string of the molecule is CCc1ccc(Nc2ncnc(CN3CCN(C(=O)OC(C)C)CC34CC4)c2C)c(F)c1. The van der Waals surface area contributed by atoms with Crippen LogP contribution >= 0.6 is 0 Å². The topological polar surface area (TPSA) is 70.6 Å². The lowest BCUT2D eigenvalue weighted by Crippen LogP contribution is -2.56. The van der Waals surface area contributed by atoms with Crippen molar-refractivity contribution in [2.24, 2.45) is 0 Å². The third-order valence-corrected chi connectivity index (χ3v) is 6.44. The summed E-state index contributed by atoms with van der Waals surface area (Å²) in [5.74, 6) is 0.326. The molecule has 172 valence electrons. The standard InChI is InChI=1S/C24H32FN5O2/c1-5-18-6-7-20(19(25)12-18)28-22-17(4)21(26-15-27-22)13-30-11-10-29(14-24(30)8-9-24)23(31)32-16(2)3/h6-7,12,15-16H,5,8-11,13-14H2,1-4H3,(H,26,27,28). The molecule has 4 rings (SSSR count). The molecule has 2 aromatic rings. The van der Waals surface area contributed by atoms with Crippen LogP contribution in [0.5, 0.6) is 0 Å². The molecule has 1 amide bonds. The van der Waals surface area contributed by atoms with Crippen LogP contribution in [0.3, 0.4) is 0 Å². The van der Waals surface area contributed by atoms with Crippen LogP contribution in [-0.4, -0.2) is 57.1 Å². The van der Waals surface area contributed by atoms with Gasteiger partial charge in [-0.1, -0.05) is 13.0 Å². The van der Waals surface area contributed by atoms with E-state index in [-0.39, 0.29) is 23.6 Å². The first-order valence-corrected chi connectivity index (χ1v) is 11.4. The van der Waals surface area contributed by atoms with Crippen LogP contribution in [-0.2, 0) is 17.7 Å². The monoisotopic (exact) mass is 441 g/mol. The fourth-order valence-corrected chi connectivity index (χ4v) is 4.27. The number of carbonyl (C=O) groups is 1. The second-order valence-corrected chi connectivity index (χ2v) is 9.09. The van der Waals surface area contributed by atoms with E-state index in [1.165, 1.54) is 6.33 Å². The van der Waals surface area contributed by atoms with Gasteiger partial charge in [0, 0.05) is 37.3 Å². The number of amides is 1. The van der Waals surface area contributed by atoms with Gasteiger partial charge in [-0.05, 0) is 57.7 Å². The van der Waals surface area contributed by atoms with Crippen molar-refractivity contribution in [3.8, 4) is 0 Å². The van der Waals surface area contributed by atoms with Gasteiger partial charge in [-0.2, -0.15) is 0 Å². The molecule has 1 aromatic heterocycles. The number of halogens is 1. The molecule has 1 saturated carbocycles. The molecule has 1 aliphatic heterocycles. The van der Waals surface area contributed by atoms with Crippen LogP contribution in [0.2, 0.25) is 0 Å². The number of rotatable bonds is 6. The second-order valence-electron chi connectivity index (χ2n) is 9.09. The van der Waals surface area contributed by atoms with Gasteiger partial charge in [-0.3, -0.25) is 4.90 Å². The number of aryl methyl sites for hydroxylation is 1. The highest BCUT2D eigenvalue weighted by Gasteiger charge is 2.52. The third-order valence-electron chi connectivity index (χ3n) is 6.44. The van der Waals surface area contributed by atoms with Gasteiger partial charge < -0.3 is 15.0 Å². The number of piperazine rings is 1. The normalized spacial score (nSPS) is 17.6. The van der Waals surface area contributed by atoms with E-state index in [0.717, 1.165) is 42.6 Å². The summed E-state index contributed by atoms with van der Waals surface area (Å²) in [4.78, 5) is 25.5. The van der Waals surface area contributed by atoms with Crippen molar-refractivity contribution < 1.29 is 13.9 Å². The smallest absolute Gasteiger partial charge is 0.410 e. The number of anilines is 2. The summed E-state index contributed by atoms with van der Waals surface area (Å²) < 4.78 is 19.9. The molecule has 2 heterocycles. The Morgan fingerprint density at radius 2 is 2.06 bits per heavy atom. The number of nitrogens with one attached hydrogen (secondary N) is 1. The van der Waals surface area contributed by atoms with Crippen molar-refractivity contribution in [2.75, 3.05) is 25.0 Å². The number of ether oxygens (including phenoxy) is 1. The first-order valence-electron chi connectivity index (χ1n) is 11.4. The average molecular weight is 442 g/mol. The highest BCUT2D eigenvalue weighted by atomic mass is 19.1. The van der Waals surface area contributed by atoms with Crippen LogP contribution in [0.1, 0.15) is 50.4 Å². The maximum atomic E-state index is 14.5. The predicted molar refractivity (Wildman–Crippen MR) is 121 cm³/mol. The molecule has 32 heavy (non-hydrogen) atoms. The van der Waals surface area contributed by atoms with E-state index in [2.05, 4.69) is 20.2 Å². The van der Waals surface area contributed by atoms with Gasteiger partial charge in [0.15, 0.2) is 0 Å². The summed E-state index contributed by atoms with van der Waals surface area (Å²) in [6.07, 6.45) is 4.09. The summed E-state index contributed by atoms with van der Waals surface area (Å²) in [7, 11) is 0. The molecule has 1 N–H and O–H groups in total. The second kappa shape index (κ2) is 9.02. The summed E-state index contributed by atoms with van der Waals surface area (Å²) in [5.41, 5.74) is 3.19. The van der Waals surface area contributed by atoms with Gasteiger partial charge in [0.2, 0.25) is 0 Å². The predicted octanol–water partition coefficient (Wildman–Crippen LogP) is 4.43. The molecular weight excluding hydrogens is 409 g/mol. The van der Waals surface area contributed by atoms with Crippen molar-refractivity contribution in [3.63, 3.8) is 0 Å². The molecule has 1 spiro atoms. The Labute approximate surface area is 189 Å². The lowest BCUT2D eigenvalue weighted by Gasteiger charge is -2.41. The van der Waals surface area contributed by atoms with E-state index in [4.69, 9.17) is 4.74 Å². The zero-order valence-electron chi connectivity index (χ0n) is 19.3. The molecular formula is C24H32FN5O2. The Hall–Kier alpha value is -2.74. The van der Waals surface area contributed by atoms with E-state index >= 15 is 0 Å². The van der Waals surface area contributed by atoms with Gasteiger partial charge in [-0.15, -0.1) is 0 Å². The minimum Gasteiger partial charge on any atom is -0.447 e. The summed E-state index contributed by atoms with van der Waals surface area (Å²) in [6.45, 7) is 10.5. The minimum atomic E-state index is -0.287. The number of hydrogen-bond donors (Lipinski definition) is 1. The van der Waals surface area contributed by atoms with Crippen LogP contribution in [0.15, 0.2) is 24.5 Å². The van der Waals surface area contributed by atoms with Crippen molar-refractivity contribution in [3.05, 3.63) is 47.2 Å². The van der Waals surface area contributed by atoms with Crippen molar-refractivity contribution in [2.45, 2.75) is 65.1 Å². The highest BCUT2D eigenvalue weighted by Crippen LogP contribution is 2.45. The van der Waals surface area contributed by atoms with Crippen molar-refractivity contribution in [1.82, 2.24) is 19.8 Å². The van der Waals surface area contributed by atoms with E-state index in [9.17, 15) is 9.18 Å². The van der Waals surface area contributed by atoms with Gasteiger partial charge in [0.1, 0.15) is 18.0 Å². The Morgan fingerprint density at radius 1 is 1.28 bits per heavy atom. The van der Waals surface area contributed by atoms with Gasteiger partial charge in [0.05, 0.1) is 17.5 Å². The molecule has 2 fully saturated rings. The largest absolute Gasteiger partial charge is 0.447 e. The van der Waals surface area contributed by atoms with Crippen molar-refractivity contribution in [1.29, 1.82) is 0 Å². The lowest BCUT2D eigenvalue weighted by atomic mass is 10.1. The summed E-state index contributed by atoms with van der Waals surface area (Å²) in [6, 6.07) is 5.23. The molecule has 1 saturated heterocycles. The summed E-state index contributed by atoms with van der Waals surface area (Å²) >= 11 is 0. The third kappa shape index (κ3) is 4.70. The van der Waals surface area contributed by atoms with E-state index in [0.29, 0.717) is 31.1 Å². The highest BCUT2D eigenvalue weighted by molar-refractivity contribution is 5.68. The quantitative estimate of drug-likeness (QED) is 0.715. The molecule has 2 aliphatic rings. The Kier molecular flexibility index (Phi) is 6.33.